The number of carbonyl (C=O) groups is 2. The first-order valence-electron chi connectivity index (χ1n) is 13.2. The molecule has 4 aromatic rings. The number of aromatic nitrogens is 1. The molecule has 1 atom stereocenters. The molecule has 1 aromatic heterocycles. The molecule has 5 rings (SSSR count). The summed E-state index contributed by atoms with van der Waals surface area (Å²) in [7, 11) is 0. The number of nitrogens with zero attached hydrogens (tertiary/aromatic N) is 2. The third kappa shape index (κ3) is 5.42. The molecule has 1 amide bonds. The summed E-state index contributed by atoms with van der Waals surface area (Å²) >= 11 is 1.11. The minimum absolute atomic E-state index is 0.0591. The number of carbonyl (C=O) groups excluding carboxylic acids is 2. The van der Waals surface area contributed by atoms with E-state index in [1.165, 1.54) is 23.1 Å². The number of fused-ring (bicyclic) bond motifs is 1. The van der Waals surface area contributed by atoms with Gasteiger partial charge in [-0.3, -0.25) is 14.5 Å². The van der Waals surface area contributed by atoms with Gasteiger partial charge in [-0.05, 0) is 73.5 Å². The highest BCUT2D eigenvalue weighted by Crippen LogP contribution is 2.44. The number of aliphatic hydroxyl groups is 1. The van der Waals surface area contributed by atoms with Gasteiger partial charge in [-0.2, -0.15) is 0 Å². The second-order valence-electron chi connectivity index (χ2n) is 9.36. The Bertz CT molecular complexity index is 1560. The van der Waals surface area contributed by atoms with Gasteiger partial charge in [0.25, 0.3) is 5.78 Å². The van der Waals surface area contributed by atoms with Gasteiger partial charge in [-0.1, -0.05) is 43.2 Å². The van der Waals surface area contributed by atoms with Crippen molar-refractivity contribution in [3.05, 3.63) is 89.2 Å². The van der Waals surface area contributed by atoms with Gasteiger partial charge >= 0.3 is 5.91 Å². The molecule has 40 heavy (non-hydrogen) atoms. The first-order chi connectivity index (χ1) is 19.4. The van der Waals surface area contributed by atoms with Crippen LogP contribution in [-0.4, -0.2) is 35.0 Å². The SMILES string of the molecule is CCCCCOc1ccc(C2/C(=C(\O)c3ccc(OCC)cc3)C(=O)C(=O)N2c2nc3ccc(F)cc3s2)cc1. The van der Waals surface area contributed by atoms with Gasteiger partial charge < -0.3 is 14.6 Å². The van der Waals surface area contributed by atoms with Crippen LogP contribution in [0.2, 0.25) is 0 Å². The fourth-order valence-corrected chi connectivity index (χ4v) is 5.67. The number of ketones is 1. The minimum Gasteiger partial charge on any atom is -0.507 e. The van der Waals surface area contributed by atoms with Crippen molar-refractivity contribution in [2.24, 2.45) is 0 Å². The Balaban J connectivity index is 1.58. The monoisotopic (exact) mass is 560 g/mol. The summed E-state index contributed by atoms with van der Waals surface area (Å²) < 4.78 is 25.8. The van der Waals surface area contributed by atoms with Crippen molar-refractivity contribution in [2.45, 2.75) is 39.2 Å². The number of hydrogen-bond donors (Lipinski definition) is 1. The van der Waals surface area contributed by atoms with Gasteiger partial charge in [0, 0.05) is 5.56 Å². The van der Waals surface area contributed by atoms with Crippen LogP contribution >= 0.6 is 11.3 Å². The van der Waals surface area contributed by atoms with Crippen LogP contribution in [0, 0.1) is 5.82 Å². The molecule has 0 radical (unpaired) electrons. The zero-order chi connectivity index (χ0) is 28.2. The predicted octanol–water partition coefficient (Wildman–Crippen LogP) is 7.03. The second kappa shape index (κ2) is 11.9. The number of thiazole rings is 1. The summed E-state index contributed by atoms with van der Waals surface area (Å²) in [5.41, 5.74) is 1.41. The van der Waals surface area contributed by atoms with Gasteiger partial charge in [0.05, 0.1) is 35.0 Å². The lowest BCUT2D eigenvalue weighted by molar-refractivity contribution is -0.132. The van der Waals surface area contributed by atoms with Gasteiger partial charge in [0.1, 0.15) is 23.1 Å². The highest BCUT2D eigenvalue weighted by molar-refractivity contribution is 7.22. The van der Waals surface area contributed by atoms with E-state index in [2.05, 4.69) is 11.9 Å². The number of benzene rings is 3. The van der Waals surface area contributed by atoms with Crippen LogP contribution in [0.5, 0.6) is 11.5 Å². The Kier molecular flexibility index (Phi) is 8.11. The van der Waals surface area contributed by atoms with E-state index in [4.69, 9.17) is 9.47 Å². The number of hydrogen-bond acceptors (Lipinski definition) is 7. The molecular weight excluding hydrogens is 531 g/mol. The topological polar surface area (TPSA) is 89.0 Å². The van der Waals surface area contributed by atoms with Gasteiger partial charge in [0.15, 0.2) is 5.13 Å². The predicted molar refractivity (Wildman–Crippen MR) is 153 cm³/mol. The van der Waals surface area contributed by atoms with Crippen LogP contribution in [0.25, 0.3) is 16.0 Å². The smallest absolute Gasteiger partial charge is 0.301 e. The maximum atomic E-state index is 13.9. The molecule has 206 valence electrons. The molecule has 1 saturated heterocycles. The van der Waals surface area contributed by atoms with Gasteiger partial charge in [-0.15, -0.1) is 0 Å². The van der Waals surface area contributed by atoms with E-state index in [0.717, 1.165) is 30.6 Å². The maximum Gasteiger partial charge on any atom is 0.301 e. The highest BCUT2D eigenvalue weighted by atomic mass is 32.1. The number of unbranched alkanes of at least 4 members (excludes halogenated alkanes) is 2. The van der Waals surface area contributed by atoms with Crippen LogP contribution < -0.4 is 14.4 Å². The summed E-state index contributed by atoms with van der Waals surface area (Å²) in [6.07, 6.45) is 3.11. The lowest BCUT2D eigenvalue weighted by atomic mass is 9.95. The zero-order valence-corrected chi connectivity index (χ0v) is 23.0. The third-order valence-corrected chi connectivity index (χ3v) is 7.66. The molecule has 0 bridgehead atoms. The number of amides is 1. The molecule has 9 heteroatoms. The average Bonchev–Trinajstić information content (AvgIpc) is 3.49. The zero-order valence-electron chi connectivity index (χ0n) is 22.2. The molecule has 0 spiro atoms. The van der Waals surface area contributed by atoms with Gasteiger partial charge in [-0.25, -0.2) is 9.37 Å². The summed E-state index contributed by atoms with van der Waals surface area (Å²) in [4.78, 5) is 32.7. The molecule has 0 aliphatic carbocycles. The average molecular weight is 561 g/mol. The Labute approximate surface area is 235 Å². The number of halogens is 1. The Morgan fingerprint density at radius 2 is 1.68 bits per heavy atom. The molecule has 3 aromatic carbocycles. The van der Waals surface area contributed by atoms with Crippen molar-refractivity contribution in [2.75, 3.05) is 18.1 Å². The van der Waals surface area contributed by atoms with E-state index in [-0.39, 0.29) is 16.5 Å². The lowest BCUT2D eigenvalue weighted by Gasteiger charge is -2.23. The number of rotatable bonds is 10. The normalized spacial score (nSPS) is 16.6. The quantitative estimate of drug-likeness (QED) is 0.0970. The fourth-order valence-electron chi connectivity index (χ4n) is 4.65. The number of aliphatic hydroxyl groups excluding tert-OH is 1. The van der Waals surface area contributed by atoms with Crippen molar-refractivity contribution in [1.82, 2.24) is 4.98 Å². The fraction of sp³-hybridized carbons (Fsp3) is 0.258. The number of anilines is 1. The summed E-state index contributed by atoms with van der Waals surface area (Å²) in [5.74, 6) is -1.10. The van der Waals surface area contributed by atoms with Crippen molar-refractivity contribution < 1.29 is 28.6 Å². The van der Waals surface area contributed by atoms with Crippen LogP contribution in [-0.2, 0) is 9.59 Å². The molecular formula is C31H29FN2O5S. The number of Topliss-reactive ketones (excluding diaryl/α,β-unsaturated/α-hetero) is 1. The van der Waals surface area contributed by atoms with E-state index >= 15 is 0 Å². The molecule has 7 nitrogen and oxygen atoms in total. The molecule has 1 aliphatic heterocycles. The van der Waals surface area contributed by atoms with E-state index in [1.807, 2.05) is 6.92 Å². The standard InChI is InChI=1S/C31H29FN2O5S/c1-3-5-6-17-39-23-12-7-19(8-13-23)27-26(28(35)20-9-14-22(15-10-20)38-4-2)29(36)30(37)34(27)31-33-24-16-11-21(32)18-25(24)40-31/h7-16,18,27,35H,3-6,17H2,1-2H3/b28-26+. The Morgan fingerprint density at radius 3 is 2.38 bits per heavy atom. The largest absolute Gasteiger partial charge is 0.507 e. The van der Waals surface area contributed by atoms with E-state index in [1.54, 1.807) is 48.5 Å². The third-order valence-electron chi connectivity index (χ3n) is 6.64. The summed E-state index contributed by atoms with van der Waals surface area (Å²) in [6, 6.07) is 17.0. The van der Waals surface area contributed by atoms with E-state index < -0.39 is 23.5 Å². The van der Waals surface area contributed by atoms with Crippen molar-refractivity contribution in [1.29, 1.82) is 0 Å². The molecule has 1 fully saturated rings. The molecule has 1 aliphatic rings. The minimum atomic E-state index is -0.953. The van der Waals surface area contributed by atoms with Crippen LogP contribution in [0.15, 0.2) is 72.3 Å². The van der Waals surface area contributed by atoms with Gasteiger partial charge in [0.2, 0.25) is 0 Å². The molecule has 1 unspecified atom stereocenters. The first kappa shape index (κ1) is 27.3. The van der Waals surface area contributed by atoms with Crippen LogP contribution in [0.3, 0.4) is 0 Å². The lowest BCUT2D eigenvalue weighted by Crippen LogP contribution is -2.29. The molecule has 2 heterocycles. The molecule has 1 N–H and O–H groups in total. The Hall–Kier alpha value is -4.24. The highest BCUT2D eigenvalue weighted by Gasteiger charge is 2.48. The number of ether oxygens (including phenoxy) is 2. The maximum absolute atomic E-state index is 13.9. The summed E-state index contributed by atoms with van der Waals surface area (Å²) in [5, 5.41) is 11.6. The second-order valence-corrected chi connectivity index (χ2v) is 10.4. The van der Waals surface area contributed by atoms with E-state index in [0.29, 0.717) is 46.1 Å². The van der Waals surface area contributed by atoms with Crippen molar-refractivity contribution >= 4 is 44.1 Å². The first-order valence-corrected chi connectivity index (χ1v) is 14.1. The summed E-state index contributed by atoms with van der Waals surface area (Å²) in [6.45, 7) is 5.07. The van der Waals surface area contributed by atoms with Crippen LogP contribution in [0.4, 0.5) is 9.52 Å². The van der Waals surface area contributed by atoms with Crippen molar-refractivity contribution in [3.8, 4) is 11.5 Å². The van der Waals surface area contributed by atoms with Crippen LogP contribution in [0.1, 0.15) is 50.3 Å². The van der Waals surface area contributed by atoms with Crippen molar-refractivity contribution in [3.63, 3.8) is 0 Å². The van der Waals surface area contributed by atoms with E-state index in [9.17, 15) is 19.1 Å². The molecule has 0 saturated carbocycles. The Morgan fingerprint density at radius 1 is 0.975 bits per heavy atom.